The molecule has 114 valence electrons. The quantitative estimate of drug-likeness (QED) is 0.855. The molecule has 0 fully saturated rings. The van der Waals surface area contributed by atoms with E-state index in [1.54, 1.807) is 0 Å². The first-order chi connectivity index (χ1) is 10.0. The van der Waals surface area contributed by atoms with Crippen molar-refractivity contribution in [2.75, 3.05) is 38.3 Å². The molecule has 2 rings (SSSR count). The van der Waals surface area contributed by atoms with Gasteiger partial charge in [0.25, 0.3) is 0 Å². The zero-order valence-corrected chi connectivity index (χ0v) is 13.5. The lowest BCUT2D eigenvalue weighted by Crippen LogP contribution is -2.36. The lowest BCUT2D eigenvalue weighted by molar-refractivity contribution is 0.344. The number of hydrogen-bond acceptors (Lipinski definition) is 5. The summed E-state index contributed by atoms with van der Waals surface area (Å²) >= 11 is 0. The Kier molecular flexibility index (Phi) is 4.96. The third-order valence-electron chi connectivity index (χ3n) is 3.52. The van der Waals surface area contributed by atoms with Gasteiger partial charge in [0.05, 0.1) is 5.52 Å². The van der Waals surface area contributed by atoms with Gasteiger partial charge in [0.2, 0.25) is 5.95 Å². The number of aromatic nitrogens is 2. The summed E-state index contributed by atoms with van der Waals surface area (Å²) in [6.07, 6.45) is 0. The summed E-state index contributed by atoms with van der Waals surface area (Å²) in [6, 6.07) is 8.43. The molecule has 0 aliphatic rings. The molecule has 1 aromatic heterocycles. The van der Waals surface area contributed by atoms with E-state index in [0.29, 0.717) is 17.9 Å². The van der Waals surface area contributed by atoms with Gasteiger partial charge in [0.15, 0.2) is 0 Å². The highest BCUT2D eigenvalue weighted by atomic mass is 15.2. The Hall–Kier alpha value is -1.88. The number of para-hydroxylation sites is 1. The standard InChI is InChI=1S/C16H25N5/c1-11(2)14(10-21(4)5)18-15-12-8-6-7-9-13(12)19-16(17-3)20-15/h6-9,11,14H,10H2,1-5H3,(H2,17,18,19,20). The molecule has 1 unspecified atom stereocenters. The Morgan fingerprint density at radius 2 is 1.86 bits per heavy atom. The summed E-state index contributed by atoms with van der Waals surface area (Å²) in [4.78, 5) is 11.3. The van der Waals surface area contributed by atoms with Gasteiger partial charge >= 0.3 is 0 Å². The first-order valence-corrected chi connectivity index (χ1v) is 7.37. The molecular formula is C16H25N5. The number of likely N-dealkylation sites (N-methyl/N-ethyl adjacent to an activating group) is 1. The molecule has 1 heterocycles. The zero-order chi connectivity index (χ0) is 15.4. The van der Waals surface area contributed by atoms with Crippen LogP contribution >= 0.6 is 0 Å². The van der Waals surface area contributed by atoms with Crippen LogP contribution < -0.4 is 10.6 Å². The van der Waals surface area contributed by atoms with E-state index in [2.05, 4.69) is 59.5 Å². The predicted molar refractivity (Wildman–Crippen MR) is 89.9 cm³/mol. The van der Waals surface area contributed by atoms with E-state index in [1.807, 2.05) is 25.2 Å². The number of nitrogens with one attached hydrogen (secondary N) is 2. The minimum Gasteiger partial charge on any atom is -0.365 e. The molecule has 0 spiro atoms. The van der Waals surface area contributed by atoms with Gasteiger partial charge in [-0.3, -0.25) is 0 Å². The number of hydrogen-bond donors (Lipinski definition) is 2. The van der Waals surface area contributed by atoms with Crippen LogP contribution in [-0.4, -0.2) is 48.6 Å². The van der Waals surface area contributed by atoms with Crippen molar-refractivity contribution in [2.45, 2.75) is 19.9 Å². The van der Waals surface area contributed by atoms with Gasteiger partial charge in [0, 0.05) is 25.0 Å². The maximum atomic E-state index is 4.60. The van der Waals surface area contributed by atoms with Crippen LogP contribution in [0.3, 0.4) is 0 Å². The lowest BCUT2D eigenvalue weighted by Gasteiger charge is -2.26. The van der Waals surface area contributed by atoms with Crippen LogP contribution in [0.2, 0.25) is 0 Å². The summed E-state index contributed by atoms with van der Waals surface area (Å²) in [5.74, 6) is 2.05. The summed E-state index contributed by atoms with van der Waals surface area (Å²) in [5, 5.41) is 7.68. The average molecular weight is 287 g/mol. The topological polar surface area (TPSA) is 53.1 Å². The largest absolute Gasteiger partial charge is 0.365 e. The molecule has 2 N–H and O–H groups in total. The van der Waals surface area contributed by atoms with Crippen LogP contribution in [0.25, 0.3) is 10.9 Å². The lowest BCUT2D eigenvalue weighted by atomic mass is 10.0. The molecule has 0 aliphatic heterocycles. The van der Waals surface area contributed by atoms with Crippen LogP contribution in [0.15, 0.2) is 24.3 Å². The van der Waals surface area contributed by atoms with Crippen molar-refractivity contribution in [3.63, 3.8) is 0 Å². The van der Waals surface area contributed by atoms with Crippen molar-refractivity contribution in [2.24, 2.45) is 5.92 Å². The molecule has 5 heteroatoms. The van der Waals surface area contributed by atoms with Crippen molar-refractivity contribution < 1.29 is 0 Å². The second-order valence-electron chi connectivity index (χ2n) is 5.92. The number of anilines is 2. The van der Waals surface area contributed by atoms with Crippen LogP contribution in [0, 0.1) is 5.92 Å². The molecule has 0 aliphatic carbocycles. The highest BCUT2D eigenvalue weighted by Crippen LogP contribution is 2.23. The fraction of sp³-hybridized carbons (Fsp3) is 0.500. The molecule has 2 aromatic rings. The summed E-state index contributed by atoms with van der Waals surface area (Å²) in [7, 11) is 6.02. The SMILES string of the molecule is CNc1nc(NC(CN(C)C)C(C)C)c2ccccc2n1. The fourth-order valence-electron chi connectivity index (χ4n) is 2.29. The van der Waals surface area contributed by atoms with Gasteiger partial charge in [0.1, 0.15) is 5.82 Å². The first kappa shape index (κ1) is 15.5. The molecule has 5 nitrogen and oxygen atoms in total. The average Bonchev–Trinajstić information content (AvgIpc) is 2.45. The smallest absolute Gasteiger partial charge is 0.224 e. The van der Waals surface area contributed by atoms with Crippen molar-refractivity contribution >= 4 is 22.7 Å². The van der Waals surface area contributed by atoms with Crippen molar-refractivity contribution in [3.8, 4) is 0 Å². The van der Waals surface area contributed by atoms with E-state index in [9.17, 15) is 0 Å². The van der Waals surface area contributed by atoms with E-state index in [4.69, 9.17) is 0 Å². The molecule has 0 saturated carbocycles. The van der Waals surface area contributed by atoms with E-state index < -0.39 is 0 Å². The maximum absolute atomic E-state index is 4.60. The normalized spacial score (nSPS) is 12.9. The molecule has 1 atom stereocenters. The predicted octanol–water partition coefficient (Wildman–Crippen LogP) is 2.67. The molecule has 21 heavy (non-hydrogen) atoms. The van der Waals surface area contributed by atoms with Crippen molar-refractivity contribution in [3.05, 3.63) is 24.3 Å². The van der Waals surface area contributed by atoms with E-state index in [-0.39, 0.29) is 0 Å². The van der Waals surface area contributed by atoms with Gasteiger partial charge < -0.3 is 15.5 Å². The monoisotopic (exact) mass is 287 g/mol. The first-order valence-electron chi connectivity index (χ1n) is 7.37. The second kappa shape index (κ2) is 6.72. The van der Waals surface area contributed by atoms with Gasteiger partial charge in [-0.1, -0.05) is 26.0 Å². The Labute approximate surface area is 126 Å². The Balaban J connectivity index is 2.39. The van der Waals surface area contributed by atoms with Crippen LogP contribution in [0.4, 0.5) is 11.8 Å². The number of rotatable bonds is 6. The van der Waals surface area contributed by atoms with E-state index in [1.165, 1.54) is 0 Å². The van der Waals surface area contributed by atoms with Gasteiger partial charge in [-0.2, -0.15) is 4.98 Å². The Morgan fingerprint density at radius 3 is 2.48 bits per heavy atom. The Bertz CT molecular complexity index is 594. The molecule has 0 radical (unpaired) electrons. The fourth-order valence-corrected chi connectivity index (χ4v) is 2.29. The number of nitrogens with zero attached hydrogens (tertiary/aromatic N) is 3. The van der Waals surface area contributed by atoms with Gasteiger partial charge in [-0.25, -0.2) is 4.98 Å². The van der Waals surface area contributed by atoms with E-state index >= 15 is 0 Å². The number of benzene rings is 1. The third-order valence-corrected chi connectivity index (χ3v) is 3.52. The number of fused-ring (bicyclic) bond motifs is 1. The minimum absolute atomic E-state index is 0.336. The van der Waals surface area contributed by atoms with Crippen molar-refractivity contribution in [1.29, 1.82) is 0 Å². The summed E-state index contributed by atoms with van der Waals surface area (Å²) < 4.78 is 0. The summed E-state index contributed by atoms with van der Waals surface area (Å²) in [6.45, 7) is 5.41. The Morgan fingerprint density at radius 1 is 1.14 bits per heavy atom. The molecule has 0 amide bonds. The summed E-state index contributed by atoms with van der Waals surface area (Å²) in [5.41, 5.74) is 0.951. The van der Waals surface area contributed by atoms with E-state index in [0.717, 1.165) is 23.3 Å². The van der Waals surface area contributed by atoms with Gasteiger partial charge in [-0.15, -0.1) is 0 Å². The third kappa shape index (κ3) is 3.82. The molecular weight excluding hydrogens is 262 g/mol. The zero-order valence-electron chi connectivity index (χ0n) is 13.5. The van der Waals surface area contributed by atoms with Crippen molar-refractivity contribution in [1.82, 2.24) is 14.9 Å². The molecule has 0 bridgehead atoms. The van der Waals surface area contributed by atoms with Crippen LogP contribution in [-0.2, 0) is 0 Å². The molecule has 1 aromatic carbocycles. The van der Waals surface area contributed by atoms with Gasteiger partial charge in [-0.05, 0) is 32.1 Å². The highest BCUT2D eigenvalue weighted by Gasteiger charge is 2.17. The van der Waals surface area contributed by atoms with Crippen LogP contribution in [0.5, 0.6) is 0 Å². The second-order valence-corrected chi connectivity index (χ2v) is 5.92. The highest BCUT2D eigenvalue weighted by molar-refractivity contribution is 5.90. The molecule has 0 saturated heterocycles. The van der Waals surface area contributed by atoms with Crippen LogP contribution in [0.1, 0.15) is 13.8 Å². The maximum Gasteiger partial charge on any atom is 0.224 e. The minimum atomic E-state index is 0.336.